The van der Waals surface area contributed by atoms with E-state index < -0.39 is 24.4 Å². The second-order valence-corrected chi connectivity index (χ2v) is 3.25. The second-order valence-electron chi connectivity index (χ2n) is 3.25. The van der Waals surface area contributed by atoms with E-state index in [1.807, 2.05) is 0 Å². The Morgan fingerprint density at radius 3 is 2.00 bits per heavy atom. The minimum Gasteiger partial charge on any atom is -0.390 e. The van der Waals surface area contributed by atoms with E-state index in [0.717, 1.165) is 0 Å². The minimum absolute atomic E-state index is 0.164. The molecular formula is C7H14O4. The zero-order valence-corrected chi connectivity index (χ0v) is 6.38. The normalized spacial score (nSPS) is 52.6. The van der Waals surface area contributed by atoms with Crippen LogP contribution in [0.4, 0.5) is 0 Å². The quantitative estimate of drug-likeness (QED) is 0.348. The second kappa shape index (κ2) is 3.06. The van der Waals surface area contributed by atoms with Crippen molar-refractivity contribution in [3.8, 4) is 0 Å². The largest absolute Gasteiger partial charge is 0.390 e. The van der Waals surface area contributed by atoms with Gasteiger partial charge < -0.3 is 20.4 Å². The zero-order valence-electron chi connectivity index (χ0n) is 6.38. The van der Waals surface area contributed by atoms with Crippen LogP contribution >= 0.6 is 0 Å². The molecule has 1 aliphatic rings. The van der Waals surface area contributed by atoms with Crippen molar-refractivity contribution in [3.63, 3.8) is 0 Å². The highest BCUT2D eigenvalue weighted by molar-refractivity contribution is 4.90. The number of aliphatic hydroxyl groups is 4. The SMILES string of the molecule is C[C@@H]1C[C@@H](O)[C@H](O)[C@H](O)[C@H]1O. The van der Waals surface area contributed by atoms with Crippen molar-refractivity contribution in [1.82, 2.24) is 0 Å². The van der Waals surface area contributed by atoms with Gasteiger partial charge in [-0.3, -0.25) is 0 Å². The summed E-state index contributed by atoms with van der Waals surface area (Å²) >= 11 is 0. The van der Waals surface area contributed by atoms with E-state index in [9.17, 15) is 5.11 Å². The summed E-state index contributed by atoms with van der Waals surface area (Å²) in [7, 11) is 0. The van der Waals surface area contributed by atoms with Gasteiger partial charge in [-0.25, -0.2) is 0 Å². The summed E-state index contributed by atoms with van der Waals surface area (Å²) in [6.45, 7) is 1.73. The van der Waals surface area contributed by atoms with Crippen molar-refractivity contribution in [2.75, 3.05) is 0 Å². The van der Waals surface area contributed by atoms with E-state index in [4.69, 9.17) is 15.3 Å². The Balaban J connectivity index is 2.63. The van der Waals surface area contributed by atoms with Crippen molar-refractivity contribution in [1.29, 1.82) is 0 Å². The van der Waals surface area contributed by atoms with Gasteiger partial charge in [0, 0.05) is 0 Å². The molecular weight excluding hydrogens is 148 g/mol. The van der Waals surface area contributed by atoms with Gasteiger partial charge in [0.15, 0.2) is 0 Å². The summed E-state index contributed by atoms with van der Waals surface area (Å²) < 4.78 is 0. The Hall–Kier alpha value is -0.160. The van der Waals surface area contributed by atoms with Crippen molar-refractivity contribution >= 4 is 0 Å². The predicted molar refractivity (Wildman–Crippen MR) is 37.8 cm³/mol. The maximum absolute atomic E-state index is 9.21. The van der Waals surface area contributed by atoms with Crippen LogP contribution in [0.25, 0.3) is 0 Å². The Morgan fingerprint density at radius 2 is 1.45 bits per heavy atom. The monoisotopic (exact) mass is 162 g/mol. The van der Waals surface area contributed by atoms with Gasteiger partial charge in [0.05, 0.1) is 12.2 Å². The molecule has 1 aliphatic carbocycles. The minimum atomic E-state index is -1.21. The summed E-state index contributed by atoms with van der Waals surface area (Å²) in [4.78, 5) is 0. The molecule has 4 nitrogen and oxygen atoms in total. The molecule has 4 heteroatoms. The Morgan fingerprint density at radius 1 is 0.909 bits per heavy atom. The number of hydrogen-bond donors (Lipinski definition) is 4. The van der Waals surface area contributed by atoms with Gasteiger partial charge in [-0.1, -0.05) is 6.92 Å². The molecule has 0 aromatic heterocycles. The number of rotatable bonds is 0. The molecule has 11 heavy (non-hydrogen) atoms. The van der Waals surface area contributed by atoms with Crippen molar-refractivity contribution in [3.05, 3.63) is 0 Å². The average molecular weight is 162 g/mol. The summed E-state index contributed by atoms with van der Waals surface area (Å²) in [6, 6.07) is 0. The molecule has 0 amide bonds. The van der Waals surface area contributed by atoms with E-state index in [0.29, 0.717) is 6.42 Å². The van der Waals surface area contributed by atoms with Gasteiger partial charge in [0.1, 0.15) is 12.2 Å². The predicted octanol–water partition coefficient (Wildman–Crippen LogP) is -1.53. The lowest BCUT2D eigenvalue weighted by atomic mass is 9.82. The Bertz CT molecular complexity index is 124. The van der Waals surface area contributed by atoms with Crippen molar-refractivity contribution in [2.24, 2.45) is 5.92 Å². The maximum Gasteiger partial charge on any atom is 0.108 e. The van der Waals surface area contributed by atoms with E-state index >= 15 is 0 Å². The van der Waals surface area contributed by atoms with Crippen LogP contribution in [0.2, 0.25) is 0 Å². The molecule has 0 radical (unpaired) electrons. The molecule has 0 aromatic rings. The lowest BCUT2D eigenvalue weighted by Crippen LogP contribution is -2.52. The molecule has 1 fully saturated rings. The van der Waals surface area contributed by atoms with Gasteiger partial charge in [0.2, 0.25) is 0 Å². The third-order valence-corrected chi connectivity index (χ3v) is 2.29. The standard InChI is InChI=1S/C7H14O4/c1-3-2-4(8)6(10)7(11)5(3)9/h3-11H,2H2,1H3/t3-,4-,5+,6+,7-/m1/s1. The fraction of sp³-hybridized carbons (Fsp3) is 1.00. The van der Waals surface area contributed by atoms with Crippen LogP contribution in [-0.2, 0) is 0 Å². The molecule has 0 aliphatic heterocycles. The number of aliphatic hydroxyl groups excluding tert-OH is 4. The summed E-state index contributed by atoms with van der Waals surface area (Å²) in [5.41, 5.74) is 0. The lowest BCUT2D eigenvalue weighted by molar-refractivity contribution is -0.154. The van der Waals surface area contributed by atoms with Crippen LogP contribution < -0.4 is 0 Å². The highest BCUT2D eigenvalue weighted by Crippen LogP contribution is 2.24. The van der Waals surface area contributed by atoms with E-state index in [-0.39, 0.29) is 5.92 Å². The van der Waals surface area contributed by atoms with E-state index in [1.54, 1.807) is 6.92 Å². The van der Waals surface area contributed by atoms with Gasteiger partial charge in [0.25, 0.3) is 0 Å². The molecule has 0 spiro atoms. The van der Waals surface area contributed by atoms with Gasteiger partial charge in [-0.2, -0.15) is 0 Å². The summed E-state index contributed by atoms with van der Waals surface area (Å²) in [6.07, 6.45) is -3.92. The van der Waals surface area contributed by atoms with E-state index in [1.165, 1.54) is 0 Å². The van der Waals surface area contributed by atoms with E-state index in [2.05, 4.69) is 0 Å². The zero-order chi connectivity index (χ0) is 8.59. The molecule has 4 N–H and O–H groups in total. The molecule has 0 bridgehead atoms. The lowest BCUT2D eigenvalue weighted by Gasteiger charge is -2.36. The topological polar surface area (TPSA) is 80.9 Å². The Kier molecular flexibility index (Phi) is 2.49. The molecule has 1 rings (SSSR count). The maximum atomic E-state index is 9.21. The highest BCUT2D eigenvalue weighted by atomic mass is 16.4. The van der Waals surface area contributed by atoms with Gasteiger partial charge in [-0.15, -0.1) is 0 Å². The first-order valence-electron chi connectivity index (χ1n) is 3.76. The van der Waals surface area contributed by atoms with Crippen LogP contribution in [0.15, 0.2) is 0 Å². The first kappa shape index (κ1) is 8.93. The fourth-order valence-corrected chi connectivity index (χ4v) is 1.43. The summed E-state index contributed by atoms with van der Waals surface area (Å²) in [5.74, 6) is -0.164. The molecule has 1 saturated carbocycles. The van der Waals surface area contributed by atoms with Crippen molar-refractivity contribution < 1.29 is 20.4 Å². The Labute approximate surface area is 65.1 Å². The number of hydrogen-bond acceptors (Lipinski definition) is 4. The first-order chi connectivity index (χ1) is 5.04. The smallest absolute Gasteiger partial charge is 0.108 e. The average Bonchev–Trinajstić information content (AvgIpc) is 1.97. The van der Waals surface area contributed by atoms with Gasteiger partial charge in [-0.05, 0) is 12.3 Å². The molecule has 5 atom stereocenters. The molecule has 0 saturated heterocycles. The molecule has 0 aromatic carbocycles. The highest BCUT2D eigenvalue weighted by Gasteiger charge is 2.39. The van der Waals surface area contributed by atoms with Crippen LogP contribution in [0.5, 0.6) is 0 Å². The third-order valence-electron chi connectivity index (χ3n) is 2.29. The fourth-order valence-electron chi connectivity index (χ4n) is 1.43. The van der Waals surface area contributed by atoms with Crippen LogP contribution in [0.1, 0.15) is 13.3 Å². The summed E-state index contributed by atoms with van der Waals surface area (Å²) in [5, 5.41) is 36.5. The van der Waals surface area contributed by atoms with Crippen molar-refractivity contribution in [2.45, 2.75) is 37.8 Å². The molecule has 0 heterocycles. The molecule has 0 unspecified atom stereocenters. The van der Waals surface area contributed by atoms with Crippen LogP contribution in [0.3, 0.4) is 0 Å². The third kappa shape index (κ3) is 1.54. The van der Waals surface area contributed by atoms with Crippen LogP contribution in [0, 0.1) is 5.92 Å². The first-order valence-corrected chi connectivity index (χ1v) is 3.76. The van der Waals surface area contributed by atoms with Crippen LogP contribution in [-0.4, -0.2) is 44.8 Å². The van der Waals surface area contributed by atoms with Gasteiger partial charge >= 0.3 is 0 Å². The molecule has 66 valence electrons.